The van der Waals surface area contributed by atoms with Crippen molar-refractivity contribution in [3.63, 3.8) is 0 Å². The van der Waals surface area contributed by atoms with Gasteiger partial charge < -0.3 is 4.40 Å². The SMILES string of the molecule is Fc1ccc(-c2cn3cc(Cl)ccc3n2)c(Cl)c1. The van der Waals surface area contributed by atoms with Crippen molar-refractivity contribution in [1.29, 1.82) is 0 Å². The van der Waals surface area contributed by atoms with Gasteiger partial charge in [0, 0.05) is 18.0 Å². The zero-order valence-corrected chi connectivity index (χ0v) is 10.6. The monoisotopic (exact) mass is 280 g/mol. The number of hydrogen-bond donors (Lipinski definition) is 0. The first kappa shape index (κ1) is 11.5. The van der Waals surface area contributed by atoms with Crippen molar-refractivity contribution in [1.82, 2.24) is 9.38 Å². The van der Waals surface area contributed by atoms with Crippen LogP contribution in [0.25, 0.3) is 16.9 Å². The highest BCUT2D eigenvalue weighted by atomic mass is 35.5. The highest BCUT2D eigenvalue weighted by Gasteiger charge is 2.09. The maximum atomic E-state index is 13.0. The van der Waals surface area contributed by atoms with Crippen LogP contribution in [0.3, 0.4) is 0 Å². The van der Waals surface area contributed by atoms with Crippen molar-refractivity contribution in [2.45, 2.75) is 0 Å². The second kappa shape index (κ2) is 4.26. The molecule has 0 aliphatic heterocycles. The standard InChI is InChI=1S/C13H7Cl2FN2/c14-8-1-4-13-17-12(7-18(13)6-8)10-3-2-9(16)5-11(10)15/h1-7H. The van der Waals surface area contributed by atoms with Crippen molar-refractivity contribution < 1.29 is 4.39 Å². The summed E-state index contributed by atoms with van der Waals surface area (Å²) in [5, 5.41) is 0.959. The fraction of sp³-hybridized carbons (Fsp3) is 0. The zero-order valence-electron chi connectivity index (χ0n) is 9.07. The van der Waals surface area contributed by atoms with Gasteiger partial charge in [0.15, 0.2) is 0 Å². The lowest BCUT2D eigenvalue weighted by atomic mass is 10.2. The minimum Gasteiger partial charge on any atom is -0.305 e. The second-order valence-corrected chi connectivity index (χ2v) is 4.71. The van der Waals surface area contributed by atoms with E-state index in [1.165, 1.54) is 12.1 Å². The predicted octanol–water partition coefficient (Wildman–Crippen LogP) is 4.45. The zero-order chi connectivity index (χ0) is 12.7. The Hall–Kier alpha value is -1.58. The Morgan fingerprint density at radius 3 is 2.67 bits per heavy atom. The van der Waals surface area contributed by atoms with Gasteiger partial charge in [0.05, 0.1) is 15.7 Å². The van der Waals surface area contributed by atoms with Crippen LogP contribution in [-0.2, 0) is 0 Å². The van der Waals surface area contributed by atoms with Crippen LogP contribution in [0.2, 0.25) is 10.0 Å². The maximum Gasteiger partial charge on any atom is 0.137 e. The molecule has 0 saturated heterocycles. The molecule has 0 bridgehead atoms. The molecule has 0 amide bonds. The predicted molar refractivity (Wildman–Crippen MR) is 70.6 cm³/mol. The summed E-state index contributed by atoms with van der Waals surface area (Å²) < 4.78 is 14.8. The molecule has 90 valence electrons. The number of rotatable bonds is 1. The Morgan fingerprint density at radius 2 is 1.89 bits per heavy atom. The fourth-order valence-corrected chi connectivity index (χ4v) is 2.22. The number of halogens is 3. The average molecular weight is 281 g/mol. The van der Waals surface area contributed by atoms with E-state index < -0.39 is 0 Å². The maximum absolute atomic E-state index is 13.0. The number of benzene rings is 1. The molecule has 2 aromatic heterocycles. The van der Waals surface area contributed by atoms with Crippen LogP contribution in [0, 0.1) is 5.82 Å². The highest BCUT2D eigenvalue weighted by Crippen LogP contribution is 2.28. The summed E-state index contributed by atoms with van der Waals surface area (Å²) in [6.07, 6.45) is 3.56. The Morgan fingerprint density at radius 1 is 1.06 bits per heavy atom. The topological polar surface area (TPSA) is 17.3 Å². The number of aromatic nitrogens is 2. The summed E-state index contributed by atoms with van der Waals surface area (Å²) in [6.45, 7) is 0. The Balaban J connectivity index is 2.19. The quantitative estimate of drug-likeness (QED) is 0.644. The van der Waals surface area contributed by atoms with Gasteiger partial charge in [0.2, 0.25) is 0 Å². The molecule has 1 aromatic carbocycles. The van der Waals surface area contributed by atoms with Crippen LogP contribution in [0.15, 0.2) is 42.7 Å². The van der Waals surface area contributed by atoms with Gasteiger partial charge in [-0.25, -0.2) is 9.37 Å². The molecule has 0 aliphatic carbocycles. The van der Waals surface area contributed by atoms with Crippen LogP contribution in [0.5, 0.6) is 0 Å². The third-order valence-electron chi connectivity index (χ3n) is 2.62. The Labute approximate surface area is 113 Å². The minimum absolute atomic E-state index is 0.338. The summed E-state index contributed by atoms with van der Waals surface area (Å²) >= 11 is 11.9. The molecule has 2 heterocycles. The molecule has 0 atom stereocenters. The van der Waals surface area contributed by atoms with Gasteiger partial charge in [-0.2, -0.15) is 0 Å². The van der Waals surface area contributed by atoms with E-state index in [4.69, 9.17) is 23.2 Å². The number of fused-ring (bicyclic) bond motifs is 1. The molecular formula is C13H7Cl2FN2. The van der Waals surface area contributed by atoms with Crippen LogP contribution in [0.1, 0.15) is 0 Å². The van der Waals surface area contributed by atoms with Crippen LogP contribution >= 0.6 is 23.2 Å². The smallest absolute Gasteiger partial charge is 0.137 e. The van der Waals surface area contributed by atoms with E-state index in [0.29, 0.717) is 21.3 Å². The van der Waals surface area contributed by atoms with Crippen molar-refractivity contribution in [2.24, 2.45) is 0 Å². The second-order valence-electron chi connectivity index (χ2n) is 3.86. The van der Waals surface area contributed by atoms with E-state index in [0.717, 1.165) is 5.65 Å². The van der Waals surface area contributed by atoms with Crippen molar-refractivity contribution in [3.8, 4) is 11.3 Å². The molecule has 0 saturated carbocycles. The third-order valence-corrected chi connectivity index (χ3v) is 3.16. The van der Waals surface area contributed by atoms with Gasteiger partial charge in [0.25, 0.3) is 0 Å². The Bertz CT molecular complexity index is 737. The summed E-state index contributed by atoms with van der Waals surface area (Å²) in [5.41, 5.74) is 2.13. The Kier molecular flexibility index (Phi) is 2.73. The van der Waals surface area contributed by atoms with E-state index in [2.05, 4.69) is 4.98 Å². The summed E-state index contributed by atoms with van der Waals surface area (Å²) in [6, 6.07) is 7.82. The molecule has 3 rings (SSSR count). The number of imidazole rings is 1. The summed E-state index contributed by atoms with van der Waals surface area (Å²) in [5.74, 6) is -0.365. The van der Waals surface area contributed by atoms with Gasteiger partial charge >= 0.3 is 0 Å². The molecular weight excluding hydrogens is 274 g/mol. The first-order valence-electron chi connectivity index (χ1n) is 5.23. The average Bonchev–Trinajstić information content (AvgIpc) is 2.71. The first-order valence-corrected chi connectivity index (χ1v) is 5.99. The lowest BCUT2D eigenvalue weighted by Crippen LogP contribution is -1.81. The van der Waals surface area contributed by atoms with E-state index in [1.54, 1.807) is 28.9 Å². The summed E-state index contributed by atoms with van der Waals surface area (Å²) in [4.78, 5) is 4.41. The van der Waals surface area contributed by atoms with E-state index in [1.807, 2.05) is 6.07 Å². The normalized spacial score (nSPS) is 11.1. The van der Waals surface area contributed by atoms with Crippen LogP contribution in [0.4, 0.5) is 4.39 Å². The van der Waals surface area contributed by atoms with Gasteiger partial charge in [-0.05, 0) is 30.3 Å². The van der Waals surface area contributed by atoms with Gasteiger partial charge in [-0.3, -0.25) is 0 Å². The molecule has 0 spiro atoms. The molecule has 0 radical (unpaired) electrons. The lowest BCUT2D eigenvalue weighted by molar-refractivity contribution is 0.628. The molecule has 3 aromatic rings. The number of hydrogen-bond acceptors (Lipinski definition) is 1. The van der Waals surface area contributed by atoms with E-state index in [9.17, 15) is 4.39 Å². The molecule has 0 aliphatic rings. The van der Waals surface area contributed by atoms with Crippen molar-refractivity contribution in [3.05, 3.63) is 58.6 Å². The van der Waals surface area contributed by atoms with E-state index >= 15 is 0 Å². The highest BCUT2D eigenvalue weighted by molar-refractivity contribution is 6.33. The van der Waals surface area contributed by atoms with Crippen LogP contribution < -0.4 is 0 Å². The van der Waals surface area contributed by atoms with Gasteiger partial charge in [-0.1, -0.05) is 23.2 Å². The molecule has 18 heavy (non-hydrogen) atoms. The lowest BCUT2D eigenvalue weighted by Gasteiger charge is -1.99. The molecule has 0 N–H and O–H groups in total. The molecule has 2 nitrogen and oxygen atoms in total. The van der Waals surface area contributed by atoms with Crippen molar-refractivity contribution >= 4 is 28.8 Å². The van der Waals surface area contributed by atoms with E-state index in [-0.39, 0.29) is 5.82 Å². The fourth-order valence-electron chi connectivity index (χ4n) is 1.79. The first-order chi connectivity index (χ1) is 8.63. The van der Waals surface area contributed by atoms with Crippen molar-refractivity contribution in [2.75, 3.05) is 0 Å². The number of pyridine rings is 1. The van der Waals surface area contributed by atoms with Gasteiger partial charge in [0.1, 0.15) is 11.5 Å². The molecule has 0 unspecified atom stereocenters. The number of nitrogens with zero attached hydrogens (tertiary/aromatic N) is 2. The summed E-state index contributed by atoms with van der Waals surface area (Å²) in [7, 11) is 0. The molecule has 0 fully saturated rings. The minimum atomic E-state index is -0.365. The van der Waals surface area contributed by atoms with Crippen LogP contribution in [-0.4, -0.2) is 9.38 Å². The van der Waals surface area contributed by atoms with Gasteiger partial charge in [-0.15, -0.1) is 0 Å². The largest absolute Gasteiger partial charge is 0.305 e. The molecule has 5 heteroatoms. The third kappa shape index (κ3) is 1.96.